The van der Waals surface area contributed by atoms with E-state index in [9.17, 15) is 19.5 Å². The van der Waals surface area contributed by atoms with E-state index in [0.717, 1.165) is 10.2 Å². The second-order valence-corrected chi connectivity index (χ2v) is 7.43. The zero-order chi connectivity index (χ0) is 22.1. The molecule has 0 saturated heterocycles. The number of thiazole rings is 1. The molecule has 0 radical (unpaired) electrons. The average molecular weight is 433 g/mol. The lowest BCUT2D eigenvalue weighted by Gasteiger charge is -2.19. The number of aromatic nitrogens is 1. The summed E-state index contributed by atoms with van der Waals surface area (Å²) in [5.74, 6) is -2.14. The first-order valence-corrected chi connectivity index (χ1v) is 9.80. The van der Waals surface area contributed by atoms with E-state index in [2.05, 4.69) is 20.8 Å². The number of aliphatic carboxylic acids is 1. The molecule has 12 heteroatoms. The lowest BCUT2D eigenvalue weighted by Crippen LogP contribution is -2.40. The summed E-state index contributed by atoms with van der Waals surface area (Å²) in [6, 6.07) is 6.59. The van der Waals surface area contributed by atoms with Crippen LogP contribution in [0.5, 0.6) is 0 Å². The van der Waals surface area contributed by atoms with Crippen molar-refractivity contribution in [1.82, 2.24) is 20.6 Å². The molecule has 0 aliphatic heterocycles. The number of carboxylic acid groups (broad SMARTS) is 1. The topological polar surface area (TPSA) is 174 Å². The number of likely N-dealkylation sites (N-methyl/N-ethyl adjacent to an activating group) is 1. The molecule has 0 bridgehead atoms. The number of fused-ring (bicyclic) bond motifs is 1. The van der Waals surface area contributed by atoms with Crippen molar-refractivity contribution in [2.75, 3.05) is 13.6 Å². The van der Waals surface area contributed by atoms with Gasteiger partial charge >= 0.3 is 5.97 Å². The smallest absolute Gasteiger partial charge is 0.305 e. The Kier molecular flexibility index (Phi) is 8.23. The van der Waals surface area contributed by atoms with Crippen LogP contribution < -0.4 is 16.5 Å². The predicted octanol–water partition coefficient (Wildman–Crippen LogP) is 0.636. The van der Waals surface area contributed by atoms with Gasteiger partial charge in [-0.25, -0.2) is 10.4 Å². The number of nitrogens with one attached hydrogen (secondary N) is 3. The summed E-state index contributed by atoms with van der Waals surface area (Å²) in [6.07, 6.45) is 1.51. The van der Waals surface area contributed by atoms with Gasteiger partial charge in [-0.1, -0.05) is 12.1 Å². The van der Waals surface area contributed by atoms with E-state index >= 15 is 0 Å². The fourth-order valence-corrected chi connectivity index (χ4v) is 3.53. The maximum absolute atomic E-state index is 12.4. The Balaban J connectivity index is 1.93. The summed E-state index contributed by atoms with van der Waals surface area (Å²) in [5, 5.41) is 22.9. The van der Waals surface area contributed by atoms with Crippen molar-refractivity contribution in [3.05, 3.63) is 29.3 Å². The number of hydrogen-bond acceptors (Lipinski definition) is 7. The first-order valence-electron chi connectivity index (χ1n) is 8.98. The van der Waals surface area contributed by atoms with Gasteiger partial charge in [-0.05, 0) is 18.6 Å². The van der Waals surface area contributed by atoms with Gasteiger partial charge in [0.1, 0.15) is 5.01 Å². The number of rotatable bonds is 10. The molecule has 0 saturated carbocycles. The highest BCUT2D eigenvalue weighted by atomic mass is 32.1. The van der Waals surface area contributed by atoms with Gasteiger partial charge in [-0.3, -0.25) is 19.8 Å². The summed E-state index contributed by atoms with van der Waals surface area (Å²) >= 11 is 1.32. The molecule has 2 aromatic rings. The number of amides is 2. The molecule has 1 atom stereocenters. The van der Waals surface area contributed by atoms with Gasteiger partial charge < -0.3 is 21.1 Å². The molecular formula is C18H23N7O4S. The second-order valence-electron chi connectivity index (χ2n) is 6.36. The molecule has 0 spiro atoms. The first-order chi connectivity index (χ1) is 14.3. The lowest BCUT2D eigenvalue weighted by atomic mass is 10.2. The second kappa shape index (κ2) is 10.9. The molecule has 1 heterocycles. The molecule has 11 nitrogen and oxygen atoms in total. The molecule has 6 N–H and O–H groups in total. The Morgan fingerprint density at radius 2 is 2.13 bits per heavy atom. The number of carbonyl (C=O) groups is 3. The van der Waals surface area contributed by atoms with Crippen molar-refractivity contribution in [3.63, 3.8) is 0 Å². The van der Waals surface area contributed by atoms with Crippen molar-refractivity contribution in [3.8, 4) is 0 Å². The van der Waals surface area contributed by atoms with Crippen molar-refractivity contribution in [1.29, 1.82) is 5.41 Å². The van der Waals surface area contributed by atoms with E-state index in [-0.39, 0.29) is 31.3 Å². The predicted molar refractivity (Wildman–Crippen MR) is 113 cm³/mol. The van der Waals surface area contributed by atoms with Gasteiger partial charge in [0.15, 0.2) is 0 Å². The minimum atomic E-state index is -1.07. The third-order valence-corrected chi connectivity index (χ3v) is 5.04. The summed E-state index contributed by atoms with van der Waals surface area (Å²) in [7, 11) is 1.48. The fraction of sp³-hybridized carbons (Fsp3) is 0.333. The third-order valence-electron chi connectivity index (χ3n) is 3.89. The van der Waals surface area contributed by atoms with Crippen molar-refractivity contribution < 1.29 is 19.5 Å². The standard InChI is InChI=1S/C18H23N7O4S/c1-25(15(27)7-4-8-21-24-18(19)20)10-14(26)22-12(9-16(28)29)17-23-11-5-2-3-6-13(11)30-17/h2-3,5-6,8,12H,4,7,9-10H2,1H3,(H,22,26)(H,28,29)(H4,19,20,24). The fourth-order valence-electron chi connectivity index (χ4n) is 2.52. The molecule has 160 valence electrons. The van der Waals surface area contributed by atoms with Gasteiger partial charge in [0.05, 0.1) is 29.2 Å². The molecule has 0 aliphatic rings. The highest BCUT2D eigenvalue weighted by Gasteiger charge is 2.23. The van der Waals surface area contributed by atoms with E-state index in [4.69, 9.17) is 11.1 Å². The Morgan fingerprint density at radius 1 is 1.40 bits per heavy atom. The summed E-state index contributed by atoms with van der Waals surface area (Å²) in [4.78, 5) is 41.4. The van der Waals surface area contributed by atoms with Crippen molar-refractivity contribution in [2.45, 2.75) is 25.3 Å². The number of nitrogens with two attached hydrogens (primary N) is 1. The zero-order valence-electron chi connectivity index (χ0n) is 16.3. The number of hydrogen-bond donors (Lipinski definition) is 5. The van der Waals surface area contributed by atoms with Crippen molar-refractivity contribution >= 4 is 51.5 Å². The number of para-hydroxylation sites is 1. The van der Waals surface area contributed by atoms with Crippen LogP contribution in [0.1, 0.15) is 30.3 Å². The van der Waals surface area contributed by atoms with Gasteiger partial charge in [0.25, 0.3) is 0 Å². The zero-order valence-corrected chi connectivity index (χ0v) is 17.1. The van der Waals surface area contributed by atoms with Gasteiger partial charge in [0.2, 0.25) is 17.8 Å². The normalized spacial score (nSPS) is 11.9. The molecule has 30 heavy (non-hydrogen) atoms. The largest absolute Gasteiger partial charge is 0.481 e. The summed E-state index contributed by atoms with van der Waals surface area (Å²) in [6.45, 7) is -0.220. The number of nitrogens with zero attached hydrogens (tertiary/aromatic N) is 3. The summed E-state index contributed by atoms with van der Waals surface area (Å²) < 4.78 is 0.894. The number of carbonyl (C=O) groups excluding carboxylic acids is 2. The Labute approximate surface area is 176 Å². The Bertz CT molecular complexity index is 926. The third kappa shape index (κ3) is 7.13. The SMILES string of the molecule is CN(CC(=O)NC(CC(=O)O)c1nc2ccccc2s1)C(=O)CCC=NNC(=N)N. The highest BCUT2D eigenvalue weighted by molar-refractivity contribution is 7.18. The van der Waals surface area contributed by atoms with Crippen LogP contribution in [0, 0.1) is 5.41 Å². The lowest BCUT2D eigenvalue weighted by molar-refractivity contribution is -0.138. The van der Waals surface area contributed by atoms with Crippen LogP contribution in [-0.2, 0) is 14.4 Å². The molecule has 2 rings (SSSR count). The van der Waals surface area contributed by atoms with E-state index < -0.39 is 17.9 Å². The van der Waals surface area contributed by atoms with Crippen molar-refractivity contribution in [2.24, 2.45) is 10.8 Å². The molecule has 1 aromatic heterocycles. The van der Waals surface area contributed by atoms with Crippen LogP contribution in [0.3, 0.4) is 0 Å². The van der Waals surface area contributed by atoms with Crippen LogP contribution >= 0.6 is 11.3 Å². The van der Waals surface area contributed by atoms with Crippen LogP contribution in [0.2, 0.25) is 0 Å². The minimum Gasteiger partial charge on any atom is -0.481 e. The number of guanidine groups is 1. The highest BCUT2D eigenvalue weighted by Crippen LogP contribution is 2.28. The van der Waals surface area contributed by atoms with E-state index in [0.29, 0.717) is 11.4 Å². The van der Waals surface area contributed by atoms with Crippen LogP contribution in [0.15, 0.2) is 29.4 Å². The Morgan fingerprint density at radius 3 is 2.80 bits per heavy atom. The van der Waals surface area contributed by atoms with Gasteiger partial charge in [-0.2, -0.15) is 5.10 Å². The molecule has 1 unspecified atom stereocenters. The molecule has 1 aromatic carbocycles. The van der Waals surface area contributed by atoms with Crippen LogP contribution in [-0.4, -0.2) is 58.5 Å². The number of hydrazone groups is 1. The molecule has 2 amide bonds. The first kappa shape index (κ1) is 22.7. The Hall–Kier alpha value is -3.54. The van der Waals surface area contributed by atoms with E-state index in [1.54, 1.807) is 0 Å². The maximum atomic E-state index is 12.4. The minimum absolute atomic E-state index is 0.114. The van der Waals surface area contributed by atoms with E-state index in [1.165, 1.54) is 29.5 Å². The molecular weight excluding hydrogens is 410 g/mol. The van der Waals surface area contributed by atoms with Gasteiger partial charge in [-0.15, -0.1) is 11.3 Å². The van der Waals surface area contributed by atoms with Crippen LogP contribution in [0.25, 0.3) is 10.2 Å². The van der Waals surface area contributed by atoms with Gasteiger partial charge in [0, 0.05) is 19.7 Å². The van der Waals surface area contributed by atoms with E-state index in [1.807, 2.05) is 24.3 Å². The molecule has 0 fully saturated rings. The van der Waals surface area contributed by atoms with Crippen LogP contribution in [0.4, 0.5) is 0 Å². The average Bonchev–Trinajstić information content (AvgIpc) is 3.10. The number of benzene rings is 1. The quantitative estimate of drug-likeness (QED) is 0.207. The maximum Gasteiger partial charge on any atom is 0.305 e. The molecule has 0 aliphatic carbocycles. The monoisotopic (exact) mass is 433 g/mol. The number of carboxylic acids is 1. The summed E-state index contributed by atoms with van der Waals surface area (Å²) in [5.41, 5.74) is 8.03.